The van der Waals surface area contributed by atoms with Crippen molar-refractivity contribution in [2.45, 2.75) is 30.2 Å². The maximum absolute atomic E-state index is 13.4. The maximum atomic E-state index is 13.4. The van der Waals surface area contributed by atoms with Crippen LogP contribution in [0.25, 0.3) is 0 Å². The maximum Gasteiger partial charge on any atom is 0.264 e. The van der Waals surface area contributed by atoms with Crippen molar-refractivity contribution in [2.75, 3.05) is 18.0 Å². The van der Waals surface area contributed by atoms with Crippen molar-refractivity contribution in [3.63, 3.8) is 0 Å². The fourth-order valence-corrected chi connectivity index (χ4v) is 5.50. The molecule has 166 valence electrons. The quantitative estimate of drug-likeness (QED) is 0.588. The minimum Gasteiger partial charge on any atom is -0.497 e. The standard InChI is InChI=1S/C25H26N2O4S/c1-31-21-16-14-20(15-17-21)27(32(29,30)22-10-3-2-4-11-22)18-25(28)26-24-13-7-9-19-8-5-6-12-23(19)24/h2-6,8,10-12,14-17,24H,7,9,13,18H2,1H3,(H,26,28). The molecule has 1 amide bonds. The number of ether oxygens (including phenoxy) is 1. The van der Waals surface area contributed by atoms with Crippen LogP contribution in [0.15, 0.2) is 83.8 Å². The van der Waals surface area contributed by atoms with E-state index in [1.165, 1.54) is 17.7 Å². The van der Waals surface area contributed by atoms with Crippen LogP contribution in [-0.2, 0) is 21.2 Å². The topological polar surface area (TPSA) is 75.7 Å². The lowest BCUT2D eigenvalue weighted by atomic mass is 9.88. The Hall–Kier alpha value is -3.32. The van der Waals surface area contributed by atoms with E-state index in [4.69, 9.17) is 4.74 Å². The number of nitrogens with one attached hydrogen (secondary N) is 1. The second-order valence-electron chi connectivity index (χ2n) is 7.73. The van der Waals surface area contributed by atoms with Gasteiger partial charge >= 0.3 is 0 Å². The molecule has 0 aliphatic heterocycles. The lowest BCUT2D eigenvalue weighted by Crippen LogP contribution is -2.42. The first-order chi connectivity index (χ1) is 15.5. The lowest BCUT2D eigenvalue weighted by molar-refractivity contribution is -0.120. The molecule has 0 radical (unpaired) electrons. The number of anilines is 1. The Bertz CT molecular complexity index is 1180. The van der Waals surface area contributed by atoms with Crippen LogP contribution >= 0.6 is 0 Å². The van der Waals surface area contributed by atoms with E-state index in [9.17, 15) is 13.2 Å². The van der Waals surface area contributed by atoms with E-state index in [0.29, 0.717) is 11.4 Å². The number of aryl methyl sites for hydroxylation is 1. The number of carbonyl (C=O) groups is 1. The normalized spacial score (nSPS) is 15.5. The minimum absolute atomic E-state index is 0.121. The fraction of sp³-hybridized carbons (Fsp3) is 0.240. The Morgan fingerprint density at radius 3 is 2.41 bits per heavy atom. The molecule has 0 aromatic heterocycles. The Morgan fingerprint density at radius 2 is 1.69 bits per heavy atom. The van der Waals surface area contributed by atoms with Crippen LogP contribution in [-0.4, -0.2) is 28.0 Å². The van der Waals surface area contributed by atoms with Gasteiger partial charge in [-0.25, -0.2) is 8.42 Å². The molecule has 4 rings (SSSR count). The van der Waals surface area contributed by atoms with E-state index in [2.05, 4.69) is 11.4 Å². The highest BCUT2D eigenvalue weighted by atomic mass is 32.2. The van der Waals surface area contributed by atoms with Crippen molar-refractivity contribution in [1.82, 2.24) is 5.32 Å². The smallest absolute Gasteiger partial charge is 0.264 e. The number of amides is 1. The summed E-state index contributed by atoms with van der Waals surface area (Å²) in [5.41, 5.74) is 2.73. The first kappa shape index (κ1) is 21.9. The monoisotopic (exact) mass is 450 g/mol. The molecule has 0 heterocycles. The Balaban J connectivity index is 1.61. The highest BCUT2D eigenvalue weighted by molar-refractivity contribution is 7.92. The molecule has 32 heavy (non-hydrogen) atoms. The third-order valence-corrected chi connectivity index (χ3v) is 7.47. The highest BCUT2D eigenvalue weighted by Gasteiger charge is 2.29. The molecule has 1 aliphatic rings. The van der Waals surface area contributed by atoms with E-state index in [0.717, 1.165) is 29.1 Å². The van der Waals surface area contributed by atoms with Crippen LogP contribution in [0.2, 0.25) is 0 Å². The molecule has 1 unspecified atom stereocenters. The van der Waals surface area contributed by atoms with E-state index < -0.39 is 10.0 Å². The molecule has 1 aliphatic carbocycles. The number of rotatable bonds is 7. The summed E-state index contributed by atoms with van der Waals surface area (Å²) in [6.07, 6.45) is 2.80. The van der Waals surface area contributed by atoms with Gasteiger partial charge < -0.3 is 10.1 Å². The zero-order chi connectivity index (χ0) is 22.6. The minimum atomic E-state index is -3.94. The molecule has 0 spiro atoms. The van der Waals surface area contributed by atoms with Crippen LogP contribution in [0.5, 0.6) is 5.75 Å². The van der Waals surface area contributed by atoms with Gasteiger partial charge in [0.25, 0.3) is 10.0 Å². The molecule has 0 saturated heterocycles. The van der Waals surface area contributed by atoms with Crippen LogP contribution in [0.3, 0.4) is 0 Å². The molecule has 3 aromatic carbocycles. The number of benzene rings is 3. The van der Waals surface area contributed by atoms with Gasteiger partial charge in [-0.05, 0) is 66.8 Å². The number of carbonyl (C=O) groups excluding carboxylic acids is 1. The Morgan fingerprint density at radius 1 is 1.00 bits per heavy atom. The van der Waals surface area contributed by atoms with Gasteiger partial charge in [-0.2, -0.15) is 0 Å². The van der Waals surface area contributed by atoms with E-state index >= 15 is 0 Å². The molecule has 6 nitrogen and oxygen atoms in total. The summed E-state index contributed by atoms with van der Waals surface area (Å²) in [7, 11) is -2.39. The third kappa shape index (κ3) is 4.62. The van der Waals surface area contributed by atoms with Gasteiger partial charge in [0.15, 0.2) is 0 Å². The number of fused-ring (bicyclic) bond motifs is 1. The zero-order valence-corrected chi connectivity index (χ0v) is 18.7. The molecule has 7 heteroatoms. The van der Waals surface area contributed by atoms with Crippen LogP contribution < -0.4 is 14.4 Å². The summed E-state index contributed by atoms with van der Waals surface area (Å²) in [6, 6.07) is 22.7. The summed E-state index contributed by atoms with van der Waals surface area (Å²) in [5.74, 6) is 0.260. The first-order valence-corrected chi connectivity index (χ1v) is 12.0. The average Bonchev–Trinajstić information content (AvgIpc) is 2.83. The highest BCUT2D eigenvalue weighted by Crippen LogP contribution is 2.30. The SMILES string of the molecule is COc1ccc(N(CC(=O)NC2CCCc3ccccc32)S(=O)(=O)c2ccccc2)cc1. The van der Waals surface area contributed by atoms with Gasteiger partial charge in [-0.3, -0.25) is 9.10 Å². The second-order valence-corrected chi connectivity index (χ2v) is 9.60. The van der Waals surface area contributed by atoms with Crippen LogP contribution in [0.4, 0.5) is 5.69 Å². The predicted octanol–water partition coefficient (Wildman–Crippen LogP) is 4.08. The van der Waals surface area contributed by atoms with Gasteiger partial charge in [0.2, 0.25) is 5.91 Å². The molecule has 0 bridgehead atoms. The molecule has 0 saturated carbocycles. The number of hydrogen-bond acceptors (Lipinski definition) is 4. The molecular formula is C25H26N2O4S. The fourth-order valence-electron chi connectivity index (χ4n) is 4.06. The van der Waals surface area contributed by atoms with E-state index in [1.807, 2.05) is 18.2 Å². The predicted molar refractivity (Wildman–Crippen MR) is 124 cm³/mol. The largest absolute Gasteiger partial charge is 0.497 e. The molecule has 1 N–H and O–H groups in total. The van der Waals surface area contributed by atoms with Crippen molar-refractivity contribution in [3.8, 4) is 5.75 Å². The van der Waals surface area contributed by atoms with Crippen molar-refractivity contribution < 1.29 is 17.9 Å². The van der Waals surface area contributed by atoms with Gasteiger partial charge in [0.1, 0.15) is 12.3 Å². The van der Waals surface area contributed by atoms with Gasteiger partial charge in [-0.1, -0.05) is 42.5 Å². The summed E-state index contributed by atoms with van der Waals surface area (Å²) in [6.45, 7) is -0.317. The lowest BCUT2D eigenvalue weighted by Gasteiger charge is -2.28. The molecule has 3 aromatic rings. The van der Waals surface area contributed by atoms with Gasteiger partial charge in [0.05, 0.1) is 23.7 Å². The Kier molecular flexibility index (Phi) is 6.46. The first-order valence-electron chi connectivity index (χ1n) is 10.6. The zero-order valence-electron chi connectivity index (χ0n) is 17.9. The summed E-state index contributed by atoms with van der Waals surface area (Å²) >= 11 is 0. The van der Waals surface area contributed by atoms with Crippen LogP contribution in [0, 0.1) is 0 Å². The third-order valence-electron chi connectivity index (χ3n) is 5.68. The number of nitrogens with zero attached hydrogens (tertiary/aromatic N) is 1. The van der Waals surface area contributed by atoms with Gasteiger partial charge in [0, 0.05) is 0 Å². The second kappa shape index (κ2) is 9.44. The molecular weight excluding hydrogens is 424 g/mol. The number of methoxy groups -OCH3 is 1. The van der Waals surface area contributed by atoms with E-state index in [-0.39, 0.29) is 23.4 Å². The summed E-state index contributed by atoms with van der Waals surface area (Å²) in [4.78, 5) is 13.2. The van der Waals surface area contributed by atoms with Crippen molar-refractivity contribution in [3.05, 3.63) is 90.0 Å². The Labute approximate surface area is 188 Å². The van der Waals surface area contributed by atoms with Crippen molar-refractivity contribution >= 4 is 21.6 Å². The summed E-state index contributed by atoms with van der Waals surface area (Å²) < 4.78 is 33.2. The van der Waals surface area contributed by atoms with Crippen LogP contribution in [0.1, 0.15) is 30.0 Å². The van der Waals surface area contributed by atoms with E-state index in [1.54, 1.807) is 49.6 Å². The number of sulfonamides is 1. The van der Waals surface area contributed by atoms with Gasteiger partial charge in [-0.15, -0.1) is 0 Å². The molecule has 0 fully saturated rings. The van der Waals surface area contributed by atoms with Crippen molar-refractivity contribution in [1.29, 1.82) is 0 Å². The average molecular weight is 451 g/mol. The molecule has 1 atom stereocenters. The number of hydrogen-bond donors (Lipinski definition) is 1. The van der Waals surface area contributed by atoms with Crippen molar-refractivity contribution in [2.24, 2.45) is 0 Å². The summed E-state index contributed by atoms with van der Waals surface area (Å²) in [5, 5.41) is 3.05.